The van der Waals surface area contributed by atoms with E-state index in [1.165, 1.54) is 15.5 Å². The molecule has 1 amide bonds. The molecule has 0 bridgehead atoms. The quantitative estimate of drug-likeness (QED) is 0.235. The largest absolute Gasteiger partial charge is 0.465 e. The summed E-state index contributed by atoms with van der Waals surface area (Å²) in [6, 6.07) is 7.25. The fraction of sp³-hybridized carbons (Fsp3) is 0.486. The van der Waals surface area contributed by atoms with Gasteiger partial charge in [0.15, 0.2) is 5.65 Å². The van der Waals surface area contributed by atoms with E-state index in [0.717, 1.165) is 25.9 Å². The highest BCUT2D eigenvalue weighted by atomic mass is 35.5. The molecular weight excluding hydrogens is 635 g/mol. The van der Waals surface area contributed by atoms with Crippen LogP contribution in [0.1, 0.15) is 83.4 Å². The lowest BCUT2D eigenvalue weighted by atomic mass is 10.0. The molecule has 4 aromatic rings. The first-order valence-corrected chi connectivity index (χ1v) is 17.0. The molecule has 2 saturated heterocycles. The van der Waals surface area contributed by atoms with Crippen LogP contribution in [0.25, 0.3) is 28.0 Å². The minimum atomic E-state index is -1.00. The maximum absolute atomic E-state index is 15.2. The van der Waals surface area contributed by atoms with E-state index in [1.54, 1.807) is 24.3 Å². The molecule has 3 aromatic heterocycles. The van der Waals surface area contributed by atoms with E-state index in [0.29, 0.717) is 47.2 Å². The van der Waals surface area contributed by atoms with Gasteiger partial charge in [-0.05, 0) is 69.8 Å². The second-order valence-electron chi connectivity index (χ2n) is 13.6. The third-order valence-corrected chi connectivity index (χ3v) is 9.59. The summed E-state index contributed by atoms with van der Waals surface area (Å²) in [4.78, 5) is 51.8. The van der Waals surface area contributed by atoms with Crippen LogP contribution in [-0.2, 0) is 6.54 Å². The number of carbonyl (C=O) groups is 1. The Morgan fingerprint density at radius 2 is 1.62 bits per heavy atom. The number of pyridine rings is 1. The van der Waals surface area contributed by atoms with E-state index >= 15 is 4.39 Å². The average molecular weight is 677 g/mol. The summed E-state index contributed by atoms with van der Waals surface area (Å²) in [5.74, 6) is 0.388. The number of amides is 1. The van der Waals surface area contributed by atoms with Crippen molar-refractivity contribution in [2.45, 2.75) is 84.8 Å². The Morgan fingerprint density at radius 1 is 0.979 bits per heavy atom. The van der Waals surface area contributed by atoms with Gasteiger partial charge in [0.25, 0.3) is 0 Å². The highest BCUT2D eigenvalue weighted by Gasteiger charge is 2.35. The zero-order chi connectivity index (χ0) is 34.4. The van der Waals surface area contributed by atoms with Crippen molar-refractivity contribution in [3.05, 3.63) is 68.9 Å². The molecule has 1 aromatic carbocycles. The highest BCUT2D eigenvalue weighted by Crippen LogP contribution is 2.37. The normalized spacial score (nSPS) is 18.9. The molecule has 2 aliphatic rings. The van der Waals surface area contributed by atoms with Crippen LogP contribution in [0.15, 0.2) is 35.1 Å². The van der Waals surface area contributed by atoms with Gasteiger partial charge in [-0.15, -0.1) is 0 Å². The molecule has 1 N–H and O–H groups in total. The average Bonchev–Trinajstić information content (AvgIpc) is 3.55. The molecule has 6 rings (SSSR count). The number of piperazine rings is 1. The highest BCUT2D eigenvalue weighted by molar-refractivity contribution is 6.33. The van der Waals surface area contributed by atoms with Crippen LogP contribution >= 0.6 is 11.6 Å². The Balaban J connectivity index is 1.65. The summed E-state index contributed by atoms with van der Waals surface area (Å²) in [5, 5.41) is 10.4. The number of carboxylic acid groups (broad SMARTS) is 1. The van der Waals surface area contributed by atoms with Gasteiger partial charge in [-0.25, -0.2) is 33.5 Å². The first-order chi connectivity index (χ1) is 22.8. The topological polar surface area (TPSA) is 121 Å². The van der Waals surface area contributed by atoms with Gasteiger partial charge in [0.2, 0.25) is 0 Å². The minimum Gasteiger partial charge on any atom is -0.465 e. The lowest BCUT2D eigenvalue weighted by Gasteiger charge is -2.43. The van der Waals surface area contributed by atoms with E-state index in [1.807, 2.05) is 46.4 Å². The second-order valence-corrected chi connectivity index (χ2v) is 14.0. The standard InChI is InChI=1S/C35H42ClFN8O3/c1-19(2)28-31(29(20(3)4)39-27(38-28)18-42-13-9-10-14-42)45-33-24(15-25(36)30(40-33)23-11-7-8-12-26(23)37)32(41-34(45)46)43-16-22(6)44(35(47)48)17-21(43)5/h7-8,11-12,15,19-22H,9-10,13-14,16-18H2,1-6H3,(H,47,48)/t21-,22+/m0/s1. The Kier molecular flexibility index (Phi) is 9.41. The molecule has 11 nitrogen and oxygen atoms in total. The number of halogens is 2. The van der Waals surface area contributed by atoms with E-state index in [-0.39, 0.29) is 52.4 Å². The second kappa shape index (κ2) is 13.4. The van der Waals surface area contributed by atoms with Crippen molar-refractivity contribution in [1.29, 1.82) is 0 Å². The van der Waals surface area contributed by atoms with Gasteiger partial charge in [-0.1, -0.05) is 51.4 Å². The number of fused-ring (bicyclic) bond motifs is 1. The number of likely N-dealkylation sites (tertiary alicyclic amines) is 1. The maximum Gasteiger partial charge on any atom is 0.407 e. The van der Waals surface area contributed by atoms with Crippen molar-refractivity contribution < 1.29 is 14.3 Å². The van der Waals surface area contributed by atoms with Gasteiger partial charge < -0.3 is 14.9 Å². The van der Waals surface area contributed by atoms with Crippen LogP contribution in [0, 0.1) is 5.82 Å². The van der Waals surface area contributed by atoms with Crippen molar-refractivity contribution in [2.75, 3.05) is 31.1 Å². The fourth-order valence-electron chi connectivity index (χ4n) is 6.84. The zero-order valence-corrected chi connectivity index (χ0v) is 29.0. The molecule has 2 atom stereocenters. The van der Waals surface area contributed by atoms with Crippen LogP contribution in [0.5, 0.6) is 0 Å². The molecule has 13 heteroatoms. The van der Waals surface area contributed by atoms with Gasteiger partial charge in [-0.3, -0.25) is 4.90 Å². The van der Waals surface area contributed by atoms with Crippen LogP contribution in [-0.4, -0.2) is 83.8 Å². The van der Waals surface area contributed by atoms with Gasteiger partial charge in [0, 0.05) is 30.7 Å². The third-order valence-electron chi connectivity index (χ3n) is 9.30. The van der Waals surface area contributed by atoms with E-state index < -0.39 is 17.6 Å². The number of aromatic nitrogens is 5. The fourth-order valence-corrected chi connectivity index (χ4v) is 7.10. The summed E-state index contributed by atoms with van der Waals surface area (Å²) in [5.41, 5.74) is 1.95. The minimum absolute atomic E-state index is 0.0808. The molecule has 0 unspecified atom stereocenters. The summed E-state index contributed by atoms with van der Waals surface area (Å²) in [6.45, 7) is 15.0. The smallest absolute Gasteiger partial charge is 0.407 e. The molecular formula is C35H42ClFN8O3. The molecule has 0 radical (unpaired) electrons. The Morgan fingerprint density at radius 3 is 2.23 bits per heavy atom. The third kappa shape index (κ3) is 6.23. The predicted octanol–water partition coefficient (Wildman–Crippen LogP) is 6.45. The number of hydrogen-bond acceptors (Lipinski definition) is 8. The summed E-state index contributed by atoms with van der Waals surface area (Å²) in [6.07, 6.45) is 1.29. The van der Waals surface area contributed by atoms with Crippen molar-refractivity contribution in [3.63, 3.8) is 0 Å². The lowest BCUT2D eigenvalue weighted by Crippen LogP contribution is -2.58. The van der Waals surface area contributed by atoms with Crippen LogP contribution in [0.3, 0.4) is 0 Å². The monoisotopic (exact) mass is 676 g/mol. The lowest BCUT2D eigenvalue weighted by molar-refractivity contribution is 0.114. The molecule has 0 spiro atoms. The molecule has 48 heavy (non-hydrogen) atoms. The number of nitrogens with zero attached hydrogens (tertiary/aromatic N) is 8. The summed E-state index contributed by atoms with van der Waals surface area (Å²) in [7, 11) is 0. The number of benzene rings is 1. The predicted molar refractivity (Wildman–Crippen MR) is 185 cm³/mol. The Labute approximate surface area is 284 Å². The summed E-state index contributed by atoms with van der Waals surface area (Å²) < 4.78 is 16.7. The van der Waals surface area contributed by atoms with Crippen molar-refractivity contribution in [1.82, 2.24) is 34.3 Å². The van der Waals surface area contributed by atoms with Crippen LogP contribution < -0.4 is 10.6 Å². The van der Waals surface area contributed by atoms with Gasteiger partial charge in [0.1, 0.15) is 17.5 Å². The molecule has 254 valence electrons. The number of anilines is 1. The SMILES string of the molecule is CC(C)c1nc(CN2CCCC2)nc(C(C)C)c1-n1c(=O)nc(N2C[C@@H](C)N(C(=O)O)C[C@@H]2C)c2cc(Cl)c(-c3ccccc3F)nc21. The molecule has 0 aliphatic carbocycles. The van der Waals surface area contributed by atoms with Crippen LogP contribution in [0.4, 0.5) is 15.0 Å². The van der Waals surface area contributed by atoms with E-state index in [2.05, 4.69) is 9.88 Å². The maximum atomic E-state index is 15.2. The zero-order valence-electron chi connectivity index (χ0n) is 28.2. The van der Waals surface area contributed by atoms with Crippen molar-refractivity contribution >= 4 is 34.5 Å². The molecule has 0 saturated carbocycles. The van der Waals surface area contributed by atoms with Gasteiger partial charge >= 0.3 is 11.8 Å². The number of hydrogen-bond donors (Lipinski definition) is 1. The first kappa shape index (κ1) is 33.7. The molecule has 2 fully saturated rings. The van der Waals surface area contributed by atoms with Crippen LogP contribution in [0.2, 0.25) is 5.02 Å². The van der Waals surface area contributed by atoms with E-state index in [4.69, 9.17) is 26.6 Å². The molecule has 5 heterocycles. The van der Waals surface area contributed by atoms with Gasteiger partial charge in [-0.2, -0.15) is 4.98 Å². The van der Waals surface area contributed by atoms with Crippen molar-refractivity contribution in [3.8, 4) is 16.9 Å². The Bertz CT molecular complexity index is 1900. The first-order valence-electron chi connectivity index (χ1n) is 16.6. The Hall–Kier alpha value is -4.16. The number of rotatable bonds is 7. The molecule has 2 aliphatic heterocycles. The van der Waals surface area contributed by atoms with E-state index in [9.17, 15) is 14.7 Å². The summed E-state index contributed by atoms with van der Waals surface area (Å²) >= 11 is 6.88. The van der Waals surface area contributed by atoms with Gasteiger partial charge in [0.05, 0.1) is 39.7 Å². The van der Waals surface area contributed by atoms with Crippen molar-refractivity contribution in [2.24, 2.45) is 0 Å².